The summed E-state index contributed by atoms with van der Waals surface area (Å²) in [6.07, 6.45) is 2.98. The monoisotopic (exact) mass is 113 g/mol. The molecule has 1 aliphatic heterocycles. The maximum absolute atomic E-state index is 4.97. The summed E-state index contributed by atoms with van der Waals surface area (Å²) in [5.41, 5.74) is 0. The summed E-state index contributed by atoms with van der Waals surface area (Å²) in [5.74, 6) is 1.13. The van der Waals surface area contributed by atoms with Gasteiger partial charge in [-0.2, -0.15) is 0 Å². The fourth-order valence-electron chi connectivity index (χ4n) is 0.511. The van der Waals surface area contributed by atoms with Gasteiger partial charge in [-0.05, 0) is 0 Å². The summed E-state index contributed by atoms with van der Waals surface area (Å²) < 4.78 is 9.95. The van der Waals surface area contributed by atoms with E-state index >= 15 is 0 Å². The van der Waals surface area contributed by atoms with Gasteiger partial charge in [0.1, 0.15) is 12.5 Å². The summed E-state index contributed by atoms with van der Waals surface area (Å²) in [5, 5.41) is 0. The molecule has 2 heteroatoms. The predicted octanol–water partition coefficient (Wildman–Crippen LogP) is 1.44. The van der Waals surface area contributed by atoms with E-state index in [-0.39, 0.29) is 6.29 Å². The van der Waals surface area contributed by atoms with Gasteiger partial charge in [-0.1, -0.05) is 13.8 Å². The lowest BCUT2D eigenvalue weighted by atomic mass is 10.2. The second kappa shape index (κ2) is 2.07. The summed E-state index contributed by atoms with van der Waals surface area (Å²) in [7, 11) is 0. The van der Waals surface area contributed by atoms with Crippen molar-refractivity contribution in [2.75, 3.05) is 0 Å². The number of ether oxygens (including phenoxy) is 2. The molecule has 0 N–H and O–H groups in total. The zero-order chi connectivity index (χ0) is 5.98. The molecular formula is C6H9O2. The highest BCUT2D eigenvalue weighted by atomic mass is 16.7. The first kappa shape index (κ1) is 5.48. The van der Waals surface area contributed by atoms with E-state index in [0.717, 1.165) is 5.92 Å². The van der Waals surface area contributed by atoms with E-state index in [0.29, 0.717) is 0 Å². The standard InChI is InChI=1S/C6H9O2/c1-5(2)6-7-3-4-8-6/h3-4,6H,1-2H3. The number of rotatable bonds is 1. The van der Waals surface area contributed by atoms with Crippen LogP contribution < -0.4 is 0 Å². The van der Waals surface area contributed by atoms with Crippen molar-refractivity contribution < 1.29 is 9.47 Å². The minimum absolute atomic E-state index is 0.130. The molecule has 0 bridgehead atoms. The molecule has 0 spiro atoms. The van der Waals surface area contributed by atoms with Gasteiger partial charge in [-0.15, -0.1) is 0 Å². The molecule has 2 nitrogen and oxygen atoms in total. The summed E-state index contributed by atoms with van der Waals surface area (Å²) >= 11 is 0. The molecule has 1 radical (unpaired) electrons. The molecule has 0 fully saturated rings. The van der Waals surface area contributed by atoms with Crippen molar-refractivity contribution in [3.05, 3.63) is 18.4 Å². The molecule has 0 amide bonds. The van der Waals surface area contributed by atoms with Gasteiger partial charge in [0.2, 0.25) is 6.29 Å². The van der Waals surface area contributed by atoms with Gasteiger partial charge in [-0.3, -0.25) is 0 Å². The third kappa shape index (κ3) is 0.941. The summed E-state index contributed by atoms with van der Waals surface area (Å²) in [4.78, 5) is 0. The second-order valence-electron chi connectivity index (χ2n) is 1.95. The zero-order valence-corrected chi connectivity index (χ0v) is 5.05. The maximum Gasteiger partial charge on any atom is 0.245 e. The fourth-order valence-corrected chi connectivity index (χ4v) is 0.511. The fraction of sp³-hybridized carbons (Fsp3) is 0.500. The quantitative estimate of drug-likeness (QED) is 0.512. The Bertz CT molecular complexity index is 88.7. The van der Waals surface area contributed by atoms with Crippen LogP contribution in [0, 0.1) is 5.92 Å². The van der Waals surface area contributed by atoms with Crippen LogP contribution in [-0.2, 0) is 9.47 Å². The Balaban J connectivity index is 2.29. The van der Waals surface area contributed by atoms with Gasteiger partial charge in [0.25, 0.3) is 0 Å². The van der Waals surface area contributed by atoms with Gasteiger partial charge < -0.3 is 9.47 Å². The lowest BCUT2D eigenvalue weighted by Gasteiger charge is -2.11. The zero-order valence-electron chi connectivity index (χ0n) is 5.05. The molecule has 0 saturated carbocycles. The Labute approximate surface area is 49.1 Å². The SMILES string of the molecule is C[C](C)C1OC=CO1. The molecule has 45 valence electrons. The van der Waals surface area contributed by atoms with E-state index in [4.69, 9.17) is 9.47 Å². The molecule has 0 aromatic carbocycles. The second-order valence-corrected chi connectivity index (χ2v) is 1.95. The lowest BCUT2D eigenvalue weighted by molar-refractivity contribution is -0.00800. The van der Waals surface area contributed by atoms with E-state index in [9.17, 15) is 0 Å². The first-order valence-electron chi connectivity index (χ1n) is 2.56. The van der Waals surface area contributed by atoms with Crippen LogP contribution in [0.3, 0.4) is 0 Å². The van der Waals surface area contributed by atoms with Crippen LogP contribution in [0.5, 0.6) is 0 Å². The van der Waals surface area contributed by atoms with E-state index in [1.807, 2.05) is 13.8 Å². The van der Waals surface area contributed by atoms with Gasteiger partial charge in [0, 0.05) is 0 Å². The van der Waals surface area contributed by atoms with Crippen LogP contribution >= 0.6 is 0 Å². The summed E-state index contributed by atoms with van der Waals surface area (Å²) in [6, 6.07) is 0. The highest BCUT2D eigenvalue weighted by molar-refractivity contribution is 4.88. The Kier molecular flexibility index (Phi) is 1.42. The van der Waals surface area contributed by atoms with Crippen LogP contribution in [0.4, 0.5) is 0 Å². The molecule has 1 rings (SSSR count). The molecule has 0 unspecified atom stereocenters. The van der Waals surface area contributed by atoms with E-state index < -0.39 is 0 Å². The average molecular weight is 113 g/mol. The van der Waals surface area contributed by atoms with Crippen molar-refractivity contribution in [2.24, 2.45) is 0 Å². The first-order valence-corrected chi connectivity index (χ1v) is 2.56. The molecule has 0 aromatic heterocycles. The van der Waals surface area contributed by atoms with Crippen molar-refractivity contribution in [1.29, 1.82) is 0 Å². The lowest BCUT2D eigenvalue weighted by Crippen LogP contribution is -2.12. The van der Waals surface area contributed by atoms with Gasteiger partial charge in [0.05, 0.1) is 5.92 Å². The van der Waals surface area contributed by atoms with Gasteiger partial charge in [-0.25, -0.2) is 0 Å². The molecule has 0 aliphatic carbocycles. The molecular weight excluding hydrogens is 104 g/mol. The van der Waals surface area contributed by atoms with Crippen molar-refractivity contribution >= 4 is 0 Å². The normalized spacial score (nSPS) is 18.9. The first-order chi connectivity index (χ1) is 3.80. The third-order valence-corrected chi connectivity index (χ3v) is 0.931. The summed E-state index contributed by atoms with van der Waals surface area (Å²) in [6.45, 7) is 3.94. The highest BCUT2D eigenvalue weighted by Gasteiger charge is 2.16. The van der Waals surface area contributed by atoms with Crippen molar-refractivity contribution in [2.45, 2.75) is 20.1 Å². The Hall–Kier alpha value is -0.660. The molecule has 0 saturated heterocycles. The topological polar surface area (TPSA) is 18.5 Å². The molecule has 8 heavy (non-hydrogen) atoms. The Morgan fingerprint density at radius 1 is 1.25 bits per heavy atom. The number of hydrogen-bond acceptors (Lipinski definition) is 2. The van der Waals surface area contributed by atoms with Gasteiger partial charge in [0.15, 0.2) is 0 Å². The van der Waals surface area contributed by atoms with Crippen LogP contribution in [0.2, 0.25) is 0 Å². The van der Waals surface area contributed by atoms with E-state index in [2.05, 4.69) is 0 Å². The van der Waals surface area contributed by atoms with Crippen LogP contribution in [0.15, 0.2) is 12.5 Å². The molecule has 0 atom stereocenters. The predicted molar refractivity (Wildman–Crippen MR) is 29.7 cm³/mol. The van der Waals surface area contributed by atoms with Crippen LogP contribution in [-0.4, -0.2) is 6.29 Å². The van der Waals surface area contributed by atoms with Crippen molar-refractivity contribution in [1.82, 2.24) is 0 Å². The van der Waals surface area contributed by atoms with Crippen molar-refractivity contribution in [3.8, 4) is 0 Å². The minimum atomic E-state index is -0.130. The maximum atomic E-state index is 4.97. The number of hydrogen-bond donors (Lipinski definition) is 0. The molecule has 1 aliphatic rings. The van der Waals surface area contributed by atoms with Crippen molar-refractivity contribution in [3.63, 3.8) is 0 Å². The Morgan fingerprint density at radius 2 is 1.75 bits per heavy atom. The minimum Gasteiger partial charge on any atom is -0.459 e. The van der Waals surface area contributed by atoms with E-state index in [1.165, 1.54) is 0 Å². The average Bonchev–Trinajstić information content (AvgIpc) is 2.12. The van der Waals surface area contributed by atoms with Crippen LogP contribution in [0.1, 0.15) is 13.8 Å². The van der Waals surface area contributed by atoms with E-state index in [1.54, 1.807) is 12.5 Å². The third-order valence-electron chi connectivity index (χ3n) is 0.931. The molecule has 0 aromatic rings. The molecule has 1 heterocycles. The Morgan fingerprint density at radius 3 is 2.00 bits per heavy atom. The largest absolute Gasteiger partial charge is 0.459 e. The van der Waals surface area contributed by atoms with Crippen LogP contribution in [0.25, 0.3) is 0 Å². The van der Waals surface area contributed by atoms with Gasteiger partial charge >= 0.3 is 0 Å². The highest BCUT2D eigenvalue weighted by Crippen LogP contribution is 2.15. The smallest absolute Gasteiger partial charge is 0.245 e.